The fraction of sp³-hybridized carbons (Fsp3) is 0.0625. The van der Waals surface area contributed by atoms with Gasteiger partial charge in [0.25, 0.3) is 10.0 Å². The molecule has 0 aliphatic rings. The molecule has 3 aromatic rings. The topological polar surface area (TPSA) is 68.3 Å². The van der Waals surface area contributed by atoms with Gasteiger partial charge in [0.2, 0.25) is 0 Å². The summed E-state index contributed by atoms with van der Waals surface area (Å²) in [6.07, 6.45) is 3.05. The minimum absolute atomic E-state index is 0.202. The summed E-state index contributed by atoms with van der Waals surface area (Å²) in [6.45, 7) is 0. The van der Waals surface area contributed by atoms with Gasteiger partial charge in [-0.05, 0) is 24.3 Å². The average Bonchev–Trinajstić information content (AvgIpc) is 2.54. The lowest BCUT2D eigenvalue weighted by atomic mass is 10.1. The van der Waals surface area contributed by atoms with E-state index in [2.05, 4.69) is 9.71 Å². The van der Waals surface area contributed by atoms with E-state index in [9.17, 15) is 8.42 Å². The number of sulfonamides is 1. The van der Waals surface area contributed by atoms with Crippen LogP contribution in [0.25, 0.3) is 10.8 Å². The summed E-state index contributed by atoms with van der Waals surface area (Å²) in [6, 6.07) is 13.7. The van der Waals surface area contributed by atoms with Crippen molar-refractivity contribution in [2.45, 2.75) is 4.90 Å². The van der Waals surface area contributed by atoms with Crippen molar-refractivity contribution in [3.05, 3.63) is 60.9 Å². The first-order valence-corrected chi connectivity index (χ1v) is 8.09. The molecule has 1 aromatic heterocycles. The largest absolute Gasteiger partial charge is 0.496 e. The van der Waals surface area contributed by atoms with E-state index in [1.165, 1.54) is 6.20 Å². The van der Waals surface area contributed by atoms with Crippen LogP contribution >= 0.6 is 0 Å². The Kier molecular flexibility index (Phi) is 3.68. The third-order valence-electron chi connectivity index (χ3n) is 3.27. The molecule has 0 saturated carbocycles. The zero-order chi connectivity index (χ0) is 15.6. The fourth-order valence-electron chi connectivity index (χ4n) is 2.29. The molecule has 1 N–H and O–H groups in total. The molecule has 0 amide bonds. The zero-order valence-corrected chi connectivity index (χ0v) is 12.7. The summed E-state index contributed by atoms with van der Waals surface area (Å²) < 4.78 is 33.1. The van der Waals surface area contributed by atoms with Gasteiger partial charge < -0.3 is 4.74 Å². The number of methoxy groups -OCH3 is 1. The Balaban J connectivity index is 2.14. The summed E-state index contributed by atoms with van der Waals surface area (Å²) in [4.78, 5) is 4.11. The Hall–Kier alpha value is -2.60. The molecule has 0 saturated heterocycles. The number of pyridine rings is 1. The smallest absolute Gasteiger partial charge is 0.262 e. The molecule has 5 nitrogen and oxygen atoms in total. The molecule has 0 spiro atoms. The lowest BCUT2D eigenvalue weighted by Gasteiger charge is -2.12. The van der Waals surface area contributed by atoms with Crippen LogP contribution in [0.2, 0.25) is 0 Å². The summed E-state index contributed by atoms with van der Waals surface area (Å²) in [5, 5.41) is 1.36. The Labute approximate surface area is 128 Å². The van der Waals surface area contributed by atoms with Crippen molar-refractivity contribution < 1.29 is 13.2 Å². The number of anilines is 1. The highest BCUT2D eigenvalue weighted by Gasteiger charge is 2.19. The lowest BCUT2D eigenvalue weighted by Crippen LogP contribution is -2.13. The molecule has 22 heavy (non-hydrogen) atoms. The predicted molar refractivity (Wildman–Crippen MR) is 85.5 cm³/mol. The Morgan fingerprint density at radius 3 is 2.45 bits per heavy atom. The number of nitrogens with one attached hydrogen (secondary N) is 1. The van der Waals surface area contributed by atoms with Gasteiger partial charge in [0.1, 0.15) is 5.75 Å². The SMILES string of the molecule is COc1ccc(S(=O)(=O)Nc2cccnc2)c2ccccc12. The van der Waals surface area contributed by atoms with Gasteiger partial charge in [-0.25, -0.2) is 8.42 Å². The van der Waals surface area contributed by atoms with E-state index in [1.54, 1.807) is 49.7 Å². The highest BCUT2D eigenvalue weighted by Crippen LogP contribution is 2.31. The lowest BCUT2D eigenvalue weighted by molar-refractivity contribution is 0.419. The Bertz CT molecular complexity index is 909. The number of benzene rings is 2. The van der Waals surface area contributed by atoms with Crippen molar-refractivity contribution in [3.63, 3.8) is 0 Å². The third kappa shape index (κ3) is 2.60. The summed E-state index contributed by atoms with van der Waals surface area (Å²) >= 11 is 0. The second-order valence-corrected chi connectivity index (χ2v) is 6.31. The van der Waals surface area contributed by atoms with E-state index in [0.717, 1.165) is 5.39 Å². The van der Waals surface area contributed by atoms with Crippen molar-refractivity contribution in [1.29, 1.82) is 0 Å². The second-order valence-electron chi connectivity index (χ2n) is 4.66. The van der Waals surface area contributed by atoms with E-state index in [1.807, 2.05) is 12.1 Å². The molecule has 6 heteroatoms. The van der Waals surface area contributed by atoms with Gasteiger partial charge in [-0.3, -0.25) is 9.71 Å². The van der Waals surface area contributed by atoms with Crippen LogP contribution in [0.5, 0.6) is 5.75 Å². The quantitative estimate of drug-likeness (QED) is 0.803. The van der Waals surface area contributed by atoms with Crippen LogP contribution in [0.1, 0.15) is 0 Å². The number of hydrogen-bond donors (Lipinski definition) is 1. The predicted octanol–water partition coefficient (Wildman–Crippen LogP) is 3.04. The molecule has 2 aromatic carbocycles. The Morgan fingerprint density at radius 1 is 1.00 bits per heavy atom. The molecule has 3 rings (SSSR count). The van der Waals surface area contributed by atoms with Crippen LogP contribution in [-0.2, 0) is 10.0 Å². The van der Waals surface area contributed by atoms with Crippen molar-refractivity contribution in [3.8, 4) is 5.75 Å². The molecule has 0 fully saturated rings. The molecule has 0 bridgehead atoms. The standard InChI is InChI=1S/C16H14N2O3S/c1-21-15-8-9-16(14-7-3-2-6-13(14)15)22(19,20)18-12-5-4-10-17-11-12/h2-11,18H,1H3. The monoisotopic (exact) mass is 314 g/mol. The summed E-state index contributed by atoms with van der Waals surface area (Å²) in [7, 11) is -2.15. The first kappa shape index (κ1) is 14.3. The van der Waals surface area contributed by atoms with Gasteiger partial charge in [0, 0.05) is 17.0 Å². The van der Waals surface area contributed by atoms with E-state index < -0.39 is 10.0 Å². The van der Waals surface area contributed by atoms with Gasteiger partial charge in [0.05, 0.1) is 23.9 Å². The molecule has 0 aliphatic carbocycles. The minimum atomic E-state index is -3.71. The summed E-state index contributed by atoms with van der Waals surface area (Å²) in [5.74, 6) is 0.635. The maximum absolute atomic E-state index is 12.6. The number of aromatic nitrogens is 1. The third-order valence-corrected chi connectivity index (χ3v) is 4.71. The molecular weight excluding hydrogens is 300 g/mol. The summed E-state index contributed by atoms with van der Waals surface area (Å²) in [5.41, 5.74) is 0.419. The van der Waals surface area contributed by atoms with Crippen LogP contribution in [0.4, 0.5) is 5.69 Å². The number of nitrogens with zero attached hydrogens (tertiary/aromatic N) is 1. The van der Waals surface area contributed by atoms with Gasteiger partial charge in [-0.2, -0.15) is 0 Å². The molecule has 0 atom stereocenters. The van der Waals surface area contributed by atoms with Crippen molar-refractivity contribution >= 4 is 26.5 Å². The fourth-order valence-corrected chi connectivity index (χ4v) is 3.55. The first-order valence-electron chi connectivity index (χ1n) is 6.60. The molecular formula is C16H14N2O3S. The Morgan fingerprint density at radius 2 is 1.77 bits per heavy atom. The van der Waals surface area contributed by atoms with E-state index in [-0.39, 0.29) is 4.90 Å². The van der Waals surface area contributed by atoms with Gasteiger partial charge in [-0.1, -0.05) is 24.3 Å². The van der Waals surface area contributed by atoms with Crippen LogP contribution in [0, 0.1) is 0 Å². The van der Waals surface area contributed by atoms with Gasteiger partial charge in [-0.15, -0.1) is 0 Å². The molecule has 112 valence electrons. The van der Waals surface area contributed by atoms with Crippen LogP contribution in [0.3, 0.4) is 0 Å². The number of fused-ring (bicyclic) bond motifs is 1. The maximum atomic E-state index is 12.6. The molecule has 0 radical (unpaired) electrons. The number of ether oxygens (including phenoxy) is 1. The molecule has 1 heterocycles. The second kappa shape index (κ2) is 5.65. The van der Waals surface area contributed by atoms with Crippen LogP contribution < -0.4 is 9.46 Å². The highest BCUT2D eigenvalue weighted by molar-refractivity contribution is 7.93. The van der Waals surface area contributed by atoms with Crippen molar-refractivity contribution in [2.75, 3.05) is 11.8 Å². The maximum Gasteiger partial charge on any atom is 0.262 e. The van der Waals surface area contributed by atoms with Gasteiger partial charge >= 0.3 is 0 Å². The van der Waals surface area contributed by atoms with E-state index >= 15 is 0 Å². The first-order chi connectivity index (χ1) is 10.6. The van der Waals surface area contributed by atoms with Crippen molar-refractivity contribution in [1.82, 2.24) is 4.98 Å². The van der Waals surface area contributed by atoms with Crippen LogP contribution in [0.15, 0.2) is 65.8 Å². The van der Waals surface area contributed by atoms with E-state index in [0.29, 0.717) is 16.8 Å². The number of rotatable bonds is 4. The average molecular weight is 314 g/mol. The normalized spacial score (nSPS) is 11.3. The van der Waals surface area contributed by atoms with Crippen molar-refractivity contribution in [2.24, 2.45) is 0 Å². The zero-order valence-electron chi connectivity index (χ0n) is 11.9. The molecule has 0 unspecified atom stereocenters. The highest BCUT2D eigenvalue weighted by atomic mass is 32.2. The number of hydrogen-bond acceptors (Lipinski definition) is 4. The van der Waals surface area contributed by atoms with Gasteiger partial charge in [0.15, 0.2) is 0 Å². The minimum Gasteiger partial charge on any atom is -0.496 e. The van der Waals surface area contributed by atoms with E-state index in [4.69, 9.17) is 4.74 Å². The van der Waals surface area contributed by atoms with Crippen LogP contribution in [-0.4, -0.2) is 20.5 Å². The molecule has 0 aliphatic heterocycles.